The molecule has 3 rings (SSSR count). The maximum Gasteiger partial charge on any atom is 0.336 e. The van der Waals surface area contributed by atoms with Gasteiger partial charge in [0.1, 0.15) is 17.8 Å². The van der Waals surface area contributed by atoms with Gasteiger partial charge >= 0.3 is 5.97 Å². The summed E-state index contributed by atoms with van der Waals surface area (Å²) in [5.74, 6) is -0.432. The van der Waals surface area contributed by atoms with Gasteiger partial charge in [-0.25, -0.2) is 14.8 Å². The molecule has 2 heterocycles. The van der Waals surface area contributed by atoms with Gasteiger partial charge in [-0.15, -0.1) is 0 Å². The van der Waals surface area contributed by atoms with Crippen molar-refractivity contribution in [1.82, 2.24) is 14.5 Å². The van der Waals surface area contributed by atoms with Crippen LogP contribution in [0.15, 0.2) is 36.3 Å². The number of nitrogens with two attached hydrogens (primary N) is 1. The number of ether oxygens (including phenoxy) is 1. The van der Waals surface area contributed by atoms with Crippen LogP contribution in [-0.4, -0.2) is 39.3 Å². The van der Waals surface area contributed by atoms with Crippen molar-refractivity contribution in [2.45, 2.75) is 19.9 Å². The topological polar surface area (TPSA) is 108 Å². The summed E-state index contributed by atoms with van der Waals surface area (Å²) in [6.07, 6.45) is 3.32. The van der Waals surface area contributed by atoms with Gasteiger partial charge in [0.15, 0.2) is 0 Å². The summed E-state index contributed by atoms with van der Waals surface area (Å²) in [5.41, 5.74) is 9.86. The van der Waals surface area contributed by atoms with Crippen LogP contribution in [0.1, 0.15) is 17.7 Å². The highest BCUT2D eigenvalue weighted by molar-refractivity contribution is 6.06. The van der Waals surface area contributed by atoms with Crippen molar-refractivity contribution in [3.8, 4) is 11.1 Å². The van der Waals surface area contributed by atoms with Gasteiger partial charge in [0.2, 0.25) is 0 Å². The van der Waals surface area contributed by atoms with Gasteiger partial charge in [-0.3, -0.25) is 4.79 Å². The van der Waals surface area contributed by atoms with E-state index in [0.29, 0.717) is 35.5 Å². The highest BCUT2D eigenvalue weighted by atomic mass is 16.5. The van der Waals surface area contributed by atoms with Crippen molar-refractivity contribution in [3.05, 3.63) is 59.0 Å². The Labute approximate surface area is 168 Å². The fraction of sp³-hybridized carbons (Fsp3) is 0.238. The Morgan fingerprint density at radius 3 is 2.69 bits per heavy atom. The predicted octanol–water partition coefficient (Wildman–Crippen LogP) is 2.80. The number of benzene rings is 1. The lowest BCUT2D eigenvalue weighted by molar-refractivity contribution is -0.135. The Morgan fingerprint density at radius 1 is 1.34 bits per heavy atom. The number of carbonyl (C=O) groups is 1. The lowest BCUT2D eigenvalue weighted by Gasteiger charge is -2.09. The quantitative estimate of drug-likeness (QED) is 0.380. The number of methoxy groups -OCH3 is 1. The van der Waals surface area contributed by atoms with E-state index in [0.717, 1.165) is 16.7 Å². The predicted molar refractivity (Wildman–Crippen MR) is 110 cm³/mol. The second kappa shape index (κ2) is 8.54. The molecule has 3 aromatic rings. The lowest BCUT2D eigenvalue weighted by Crippen LogP contribution is -2.06. The minimum Gasteiger partial charge on any atom is -0.474 e. The summed E-state index contributed by atoms with van der Waals surface area (Å²) in [6.45, 7) is 9.78. The van der Waals surface area contributed by atoms with Crippen molar-refractivity contribution in [3.63, 3.8) is 0 Å². The zero-order valence-corrected chi connectivity index (χ0v) is 16.2. The third-order valence-electron chi connectivity index (χ3n) is 4.58. The SMILES string of the molecule is [C-]#[N+]/C(=C\c1c(-c2ccc(C)cc2)c2c(N)ncnc2n1CCCO)C(=O)OC. The Bertz CT molecular complexity index is 1120. The molecule has 29 heavy (non-hydrogen) atoms. The highest BCUT2D eigenvalue weighted by Crippen LogP contribution is 2.38. The number of aryl methyl sites for hydroxylation is 2. The molecule has 0 saturated carbocycles. The van der Waals surface area contributed by atoms with Crippen LogP contribution in [0.3, 0.4) is 0 Å². The summed E-state index contributed by atoms with van der Waals surface area (Å²) < 4.78 is 6.57. The number of hydrogen-bond acceptors (Lipinski definition) is 6. The number of nitrogen functional groups attached to an aromatic ring is 1. The molecule has 0 aliphatic rings. The second-order valence-electron chi connectivity index (χ2n) is 6.45. The molecule has 3 N–H and O–H groups in total. The van der Waals surface area contributed by atoms with Crippen LogP contribution < -0.4 is 5.73 Å². The van der Waals surface area contributed by atoms with Crippen molar-refractivity contribution in [1.29, 1.82) is 0 Å². The average Bonchev–Trinajstić information content (AvgIpc) is 3.04. The first-order chi connectivity index (χ1) is 14.0. The molecule has 0 aliphatic heterocycles. The molecule has 148 valence electrons. The monoisotopic (exact) mass is 391 g/mol. The van der Waals surface area contributed by atoms with Crippen molar-refractivity contribution in [2.75, 3.05) is 19.5 Å². The van der Waals surface area contributed by atoms with E-state index in [2.05, 4.69) is 14.8 Å². The molecule has 2 aromatic heterocycles. The van der Waals surface area contributed by atoms with Crippen molar-refractivity contribution < 1.29 is 14.6 Å². The van der Waals surface area contributed by atoms with Crippen LogP contribution in [0.25, 0.3) is 33.1 Å². The van der Waals surface area contributed by atoms with Gasteiger partial charge in [-0.05, 0) is 25.0 Å². The molecule has 0 spiro atoms. The number of aliphatic hydroxyl groups excluding tert-OH is 1. The first-order valence-electron chi connectivity index (χ1n) is 8.99. The highest BCUT2D eigenvalue weighted by Gasteiger charge is 2.22. The lowest BCUT2D eigenvalue weighted by atomic mass is 10.0. The van der Waals surface area contributed by atoms with E-state index in [1.54, 1.807) is 0 Å². The molecule has 0 amide bonds. The molecule has 0 aliphatic carbocycles. The fourth-order valence-corrected chi connectivity index (χ4v) is 3.20. The molecule has 1 aromatic carbocycles. The molecule has 0 fully saturated rings. The largest absolute Gasteiger partial charge is 0.474 e. The van der Waals surface area contributed by atoms with Crippen molar-refractivity contribution >= 4 is 28.9 Å². The smallest absolute Gasteiger partial charge is 0.336 e. The number of nitrogens with zero attached hydrogens (tertiary/aromatic N) is 4. The standard InChI is InChI=1S/C21H21N5O3/c1-13-5-7-14(8-6-13)17-16(11-15(23-2)21(28)29-3)26(9-4-10-27)20-18(17)19(22)24-12-25-20/h5-8,11-12,27H,4,9-10H2,1,3H3,(H2,22,24,25)/b15-11-. The molecule has 0 radical (unpaired) electrons. The number of hydrogen-bond donors (Lipinski definition) is 2. The minimum absolute atomic E-state index is 0.0179. The Morgan fingerprint density at radius 2 is 2.07 bits per heavy atom. The van der Waals surface area contributed by atoms with Crippen LogP contribution in [-0.2, 0) is 16.1 Å². The molecular weight excluding hydrogens is 370 g/mol. The normalized spacial score (nSPS) is 11.4. The summed E-state index contributed by atoms with van der Waals surface area (Å²) in [4.78, 5) is 23.9. The Kier molecular flexibility index (Phi) is 5.90. The summed E-state index contributed by atoms with van der Waals surface area (Å²) in [7, 11) is 1.23. The summed E-state index contributed by atoms with van der Waals surface area (Å²) in [6, 6.07) is 7.82. The Balaban J connectivity index is 2.42. The van der Waals surface area contributed by atoms with E-state index in [9.17, 15) is 9.90 Å². The molecular formula is C21H21N5O3. The third-order valence-corrected chi connectivity index (χ3v) is 4.58. The van der Waals surface area contributed by atoms with Gasteiger partial charge in [0.25, 0.3) is 5.70 Å². The zero-order chi connectivity index (χ0) is 21.0. The van der Waals surface area contributed by atoms with E-state index in [1.807, 2.05) is 35.8 Å². The van der Waals surface area contributed by atoms with Crippen LogP contribution in [0.5, 0.6) is 0 Å². The number of fused-ring (bicyclic) bond motifs is 1. The molecule has 0 atom stereocenters. The maximum absolute atomic E-state index is 12.0. The van der Waals surface area contributed by atoms with E-state index in [-0.39, 0.29) is 12.3 Å². The minimum atomic E-state index is -0.729. The number of esters is 1. The average molecular weight is 391 g/mol. The number of rotatable bonds is 6. The number of aromatic nitrogens is 3. The van der Waals surface area contributed by atoms with Gasteiger partial charge in [0.05, 0.1) is 19.1 Å². The van der Waals surface area contributed by atoms with E-state index in [4.69, 9.17) is 17.0 Å². The molecule has 8 heteroatoms. The molecule has 8 nitrogen and oxygen atoms in total. The fourth-order valence-electron chi connectivity index (χ4n) is 3.20. The van der Waals surface area contributed by atoms with Gasteiger partial charge in [-0.1, -0.05) is 29.8 Å². The van der Waals surface area contributed by atoms with E-state index < -0.39 is 5.97 Å². The van der Waals surface area contributed by atoms with Gasteiger partial charge in [0, 0.05) is 24.4 Å². The van der Waals surface area contributed by atoms with Crippen LogP contribution >= 0.6 is 0 Å². The summed E-state index contributed by atoms with van der Waals surface area (Å²) in [5, 5.41) is 9.98. The first kappa shape index (κ1) is 20.0. The van der Waals surface area contributed by atoms with Crippen LogP contribution in [0, 0.1) is 13.5 Å². The van der Waals surface area contributed by atoms with E-state index >= 15 is 0 Å². The summed E-state index contributed by atoms with van der Waals surface area (Å²) >= 11 is 0. The number of anilines is 1. The second-order valence-corrected chi connectivity index (χ2v) is 6.45. The third kappa shape index (κ3) is 3.81. The molecule has 0 bridgehead atoms. The van der Waals surface area contributed by atoms with E-state index in [1.165, 1.54) is 19.5 Å². The number of carbonyl (C=O) groups excluding carboxylic acids is 1. The zero-order valence-electron chi connectivity index (χ0n) is 16.2. The van der Waals surface area contributed by atoms with Gasteiger partial charge in [-0.2, -0.15) is 0 Å². The Hall–Kier alpha value is -3.70. The maximum atomic E-state index is 12.0. The van der Waals surface area contributed by atoms with Crippen molar-refractivity contribution in [2.24, 2.45) is 0 Å². The first-order valence-corrected chi connectivity index (χ1v) is 8.99. The van der Waals surface area contributed by atoms with Gasteiger partial charge < -0.3 is 20.1 Å². The van der Waals surface area contributed by atoms with Crippen LogP contribution in [0.4, 0.5) is 5.82 Å². The number of aliphatic hydroxyl groups is 1. The molecule has 0 unspecified atom stereocenters. The van der Waals surface area contributed by atoms with Crippen LogP contribution in [0.2, 0.25) is 0 Å². The molecule has 0 saturated heterocycles.